The summed E-state index contributed by atoms with van der Waals surface area (Å²) in [5, 5.41) is 15.2. The van der Waals surface area contributed by atoms with Gasteiger partial charge in [0, 0.05) is 49.5 Å². The van der Waals surface area contributed by atoms with E-state index in [-0.39, 0.29) is 5.91 Å². The number of rotatable bonds is 6. The molecular formula is C19H25N7O. The number of amides is 1. The number of hydrogen-bond donors (Lipinski definition) is 3. The summed E-state index contributed by atoms with van der Waals surface area (Å²) in [5.74, 6) is 0.378. The third-order valence-electron chi connectivity index (χ3n) is 4.88. The van der Waals surface area contributed by atoms with Crippen LogP contribution in [-0.2, 0) is 26.4 Å². The van der Waals surface area contributed by atoms with Gasteiger partial charge in [-0.1, -0.05) is 6.92 Å². The molecule has 0 radical (unpaired) electrons. The van der Waals surface area contributed by atoms with Crippen molar-refractivity contribution in [3.05, 3.63) is 41.5 Å². The first kappa shape index (κ1) is 17.5. The maximum Gasteiger partial charge on any atom is 0.259 e. The molecule has 1 aliphatic rings. The summed E-state index contributed by atoms with van der Waals surface area (Å²) in [6, 6.07) is 1.78. The number of aromatic nitrogens is 5. The molecule has 0 spiro atoms. The van der Waals surface area contributed by atoms with Gasteiger partial charge < -0.3 is 15.6 Å². The van der Waals surface area contributed by atoms with E-state index in [0.717, 1.165) is 55.8 Å². The number of carbonyl (C=O) groups is 1. The lowest BCUT2D eigenvalue weighted by molar-refractivity contribution is 0.102. The van der Waals surface area contributed by atoms with Gasteiger partial charge >= 0.3 is 0 Å². The minimum atomic E-state index is -0.166. The van der Waals surface area contributed by atoms with E-state index in [0.29, 0.717) is 11.4 Å². The van der Waals surface area contributed by atoms with Gasteiger partial charge in [-0.25, -0.2) is 0 Å². The first-order chi connectivity index (χ1) is 13.2. The third kappa shape index (κ3) is 3.52. The number of aromatic amines is 1. The second-order valence-electron chi connectivity index (χ2n) is 6.86. The molecule has 8 nitrogen and oxygen atoms in total. The van der Waals surface area contributed by atoms with E-state index in [1.165, 1.54) is 5.56 Å². The highest BCUT2D eigenvalue weighted by Gasteiger charge is 2.26. The normalized spacial score (nSPS) is 13.1. The van der Waals surface area contributed by atoms with Crippen LogP contribution >= 0.6 is 0 Å². The number of nitrogens with one attached hydrogen (secondary N) is 3. The van der Waals surface area contributed by atoms with Crippen LogP contribution in [0.25, 0.3) is 11.3 Å². The lowest BCUT2D eigenvalue weighted by atomic mass is 10.0. The standard InChI is InChI=1S/C19H25N7O/c1-3-20-8-10-26-12-13-5-4-6-15-17(18(13)24-26)14(11-21-15)19(27)22-16-7-9-25(2)23-16/h7,9,11-12,20-21H,3-6,8,10H2,1-2H3,(H,22,23,27). The third-order valence-corrected chi connectivity index (χ3v) is 4.88. The van der Waals surface area contributed by atoms with E-state index in [2.05, 4.69) is 33.8 Å². The van der Waals surface area contributed by atoms with Crippen molar-refractivity contribution in [2.45, 2.75) is 32.7 Å². The van der Waals surface area contributed by atoms with E-state index < -0.39 is 0 Å². The number of aryl methyl sites for hydroxylation is 3. The Morgan fingerprint density at radius 3 is 3.00 bits per heavy atom. The number of carbonyl (C=O) groups excluding carboxylic acids is 1. The van der Waals surface area contributed by atoms with Gasteiger partial charge in [0.2, 0.25) is 0 Å². The van der Waals surface area contributed by atoms with E-state index >= 15 is 0 Å². The smallest absolute Gasteiger partial charge is 0.259 e. The van der Waals surface area contributed by atoms with Crippen LogP contribution in [0, 0.1) is 0 Å². The Hall–Kier alpha value is -2.87. The maximum absolute atomic E-state index is 12.9. The van der Waals surface area contributed by atoms with Crippen molar-refractivity contribution < 1.29 is 4.79 Å². The molecule has 3 N–H and O–H groups in total. The molecular weight excluding hydrogens is 342 g/mol. The highest BCUT2D eigenvalue weighted by atomic mass is 16.1. The lowest BCUT2D eigenvalue weighted by Gasteiger charge is -2.05. The van der Waals surface area contributed by atoms with Crippen molar-refractivity contribution in [2.24, 2.45) is 7.05 Å². The number of H-pyrrole nitrogens is 1. The summed E-state index contributed by atoms with van der Waals surface area (Å²) < 4.78 is 3.65. The van der Waals surface area contributed by atoms with Crippen molar-refractivity contribution in [1.82, 2.24) is 29.9 Å². The molecule has 0 fully saturated rings. The Labute approximate surface area is 158 Å². The topological polar surface area (TPSA) is 92.6 Å². The summed E-state index contributed by atoms with van der Waals surface area (Å²) in [7, 11) is 1.82. The van der Waals surface area contributed by atoms with E-state index in [1.807, 2.05) is 11.7 Å². The monoisotopic (exact) mass is 367 g/mol. The van der Waals surface area contributed by atoms with Crippen molar-refractivity contribution in [1.29, 1.82) is 0 Å². The summed E-state index contributed by atoms with van der Waals surface area (Å²) in [5.41, 5.74) is 4.76. The zero-order chi connectivity index (χ0) is 18.8. The summed E-state index contributed by atoms with van der Waals surface area (Å²) in [4.78, 5) is 16.2. The summed E-state index contributed by atoms with van der Waals surface area (Å²) in [6.07, 6.45) is 8.64. The quantitative estimate of drug-likeness (QED) is 0.581. The number of anilines is 1. The molecule has 4 rings (SSSR count). The molecule has 0 bridgehead atoms. The largest absolute Gasteiger partial charge is 0.364 e. The SMILES string of the molecule is CCNCCn1cc2c(n1)-c1c(C(=O)Nc3ccn(C)n3)c[nH]c1CCC2. The van der Waals surface area contributed by atoms with E-state index in [4.69, 9.17) is 5.10 Å². The Balaban J connectivity index is 1.65. The van der Waals surface area contributed by atoms with Gasteiger partial charge in [-0.15, -0.1) is 0 Å². The molecule has 1 aliphatic carbocycles. The zero-order valence-corrected chi connectivity index (χ0v) is 15.7. The molecule has 0 atom stereocenters. The maximum atomic E-state index is 12.9. The summed E-state index contributed by atoms with van der Waals surface area (Å²) in [6.45, 7) is 4.73. The van der Waals surface area contributed by atoms with Gasteiger partial charge in [0.25, 0.3) is 5.91 Å². The fourth-order valence-corrected chi connectivity index (χ4v) is 3.57. The predicted octanol–water partition coefficient (Wildman–Crippen LogP) is 1.96. The van der Waals surface area contributed by atoms with E-state index in [9.17, 15) is 4.79 Å². The molecule has 0 aromatic carbocycles. The Bertz CT molecular complexity index is 949. The number of hydrogen-bond acceptors (Lipinski definition) is 4. The first-order valence-electron chi connectivity index (χ1n) is 9.44. The molecule has 0 aliphatic heterocycles. The molecule has 3 aromatic heterocycles. The van der Waals surface area contributed by atoms with Gasteiger partial charge in [-0.2, -0.15) is 10.2 Å². The Morgan fingerprint density at radius 2 is 2.22 bits per heavy atom. The molecule has 0 unspecified atom stereocenters. The van der Waals surface area contributed by atoms with Gasteiger partial charge in [0.1, 0.15) is 0 Å². The minimum absolute atomic E-state index is 0.166. The second kappa shape index (κ2) is 7.40. The fourth-order valence-electron chi connectivity index (χ4n) is 3.57. The number of fused-ring (bicyclic) bond motifs is 3. The van der Waals surface area contributed by atoms with Crippen LogP contribution in [0.3, 0.4) is 0 Å². The number of nitrogens with zero attached hydrogens (tertiary/aromatic N) is 4. The average molecular weight is 367 g/mol. The molecule has 1 amide bonds. The van der Waals surface area contributed by atoms with Crippen molar-refractivity contribution in [3.8, 4) is 11.3 Å². The minimum Gasteiger partial charge on any atom is -0.364 e. The molecule has 3 heterocycles. The van der Waals surface area contributed by atoms with Crippen LogP contribution in [0.5, 0.6) is 0 Å². The van der Waals surface area contributed by atoms with Crippen LogP contribution in [0.1, 0.15) is 35.0 Å². The van der Waals surface area contributed by atoms with Crippen LogP contribution in [0.4, 0.5) is 5.82 Å². The van der Waals surface area contributed by atoms with Crippen molar-refractivity contribution in [3.63, 3.8) is 0 Å². The molecule has 27 heavy (non-hydrogen) atoms. The van der Waals surface area contributed by atoms with Crippen molar-refractivity contribution >= 4 is 11.7 Å². The molecule has 8 heteroatoms. The fraction of sp³-hybridized carbons (Fsp3) is 0.421. The van der Waals surface area contributed by atoms with Crippen LogP contribution in [0.15, 0.2) is 24.7 Å². The molecule has 3 aromatic rings. The molecule has 142 valence electrons. The van der Waals surface area contributed by atoms with Gasteiger partial charge in [-0.3, -0.25) is 14.2 Å². The first-order valence-corrected chi connectivity index (χ1v) is 9.44. The van der Waals surface area contributed by atoms with Crippen LogP contribution < -0.4 is 10.6 Å². The zero-order valence-electron chi connectivity index (χ0n) is 15.7. The highest BCUT2D eigenvalue weighted by molar-refractivity contribution is 6.08. The lowest BCUT2D eigenvalue weighted by Crippen LogP contribution is -2.19. The van der Waals surface area contributed by atoms with Gasteiger partial charge in [0.15, 0.2) is 5.82 Å². The Kier molecular flexibility index (Phi) is 4.81. The summed E-state index contributed by atoms with van der Waals surface area (Å²) >= 11 is 0. The molecule has 0 saturated heterocycles. The van der Waals surface area contributed by atoms with Crippen LogP contribution in [0.2, 0.25) is 0 Å². The average Bonchev–Trinajstić information content (AvgIpc) is 3.32. The second-order valence-corrected chi connectivity index (χ2v) is 6.86. The number of likely N-dealkylation sites (N-methyl/N-ethyl adjacent to an activating group) is 1. The van der Waals surface area contributed by atoms with E-state index in [1.54, 1.807) is 23.1 Å². The van der Waals surface area contributed by atoms with Gasteiger partial charge in [-0.05, 0) is 31.4 Å². The van der Waals surface area contributed by atoms with Gasteiger partial charge in [0.05, 0.1) is 17.8 Å². The molecule has 0 saturated carbocycles. The predicted molar refractivity (Wildman–Crippen MR) is 104 cm³/mol. The Morgan fingerprint density at radius 1 is 1.33 bits per heavy atom. The van der Waals surface area contributed by atoms with Crippen LogP contribution in [-0.4, -0.2) is 43.5 Å². The highest BCUT2D eigenvalue weighted by Crippen LogP contribution is 2.34. The van der Waals surface area contributed by atoms with Crippen molar-refractivity contribution in [2.75, 3.05) is 18.4 Å².